The molecule has 0 aromatic heterocycles. The van der Waals surface area contributed by atoms with Crippen LogP contribution in [0.15, 0.2) is 21.3 Å². The van der Waals surface area contributed by atoms with E-state index in [0.717, 1.165) is 6.42 Å². The summed E-state index contributed by atoms with van der Waals surface area (Å²) in [7, 11) is 0. The predicted molar refractivity (Wildman–Crippen MR) is 62.7 cm³/mol. The molecule has 5 heteroatoms. The third-order valence-corrected chi connectivity index (χ3v) is 2.67. The molecular formula is C12H14N2O3. The van der Waals surface area contributed by atoms with Crippen molar-refractivity contribution in [1.29, 1.82) is 0 Å². The second-order valence-corrected chi connectivity index (χ2v) is 5.32. The van der Waals surface area contributed by atoms with E-state index in [0.29, 0.717) is 17.6 Å². The Morgan fingerprint density at radius 3 is 2.59 bits per heavy atom. The summed E-state index contributed by atoms with van der Waals surface area (Å²) in [5.74, 6) is -1.27. The molecular weight excluding hydrogens is 220 g/mol. The third-order valence-electron chi connectivity index (χ3n) is 2.67. The monoisotopic (exact) mass is 234 g/mol. The van der Waals surface area contributed by atoms with Crippen LogP contribution in [0.3, 0.4) is 0 Å². The zero-order chi connectivity index (χ0) is 12.6. The predicted octanol–water partition coefficient (Wildman–Crippen LogP) is 1.63. The molecule has 2 aliphatic heterocycles. The van der Waals surface area contributed by atoms with Gasteiger partial charge in [0.25, 0.3) is 0 Å². The Kier molecular flexibility index (Phi) is 2.69. The Labute approximate surface area is 99.2 Å². The van der Waals surface area contributed by atoms with E-state index in [9.17, 15) is 9.59 Å². The van der Waals surface area contributed by atoms with Gasteiger partial charge in [-0.05, 0) is 18.3 Å². The molecule has 0 radical (unpaired) electrons. The standard InChI is InChI=1S/C12H14N2O3/c1-12(2,3)5-4-7-8-6-13-14-9(8)11(16)17-10(7)15/h6H,4-5H2,1-3H3. The lowest BCUT2D eigenvalue weighted by Crippen LogP contribution is -2.31. The Hall–Kier alpha value is -1.78. The summed E-state index contributed by atoms with van der Waals surface area (Å²) in [5.41, 5.74) is 1.28. The van der Waals surface area contributed by atoms with Crippen LogP contribution in [0.4, 0.5) is 0 Å². The fourth-order valence-electron chi connectivity index (χ4n) is 1.67. The van der Waals surface area contributed by atoms with Gasteiger partial charge in [-0.2, -0.15) is 5.10 Å². The van der Waals surface area contributed by atoms with Gasteiger partial charge < -0.3 is 4.74 Å². The number of carbonyl (C=O) groups is 2. The van der Waals surface area contributed by atoms with Crippen LogP contribution >= 0.6 is 0 Å². The maximum atomic E-state index is 11.6. The number of ether oxygens (including phenoxy) is 1. The van der Waals surface area contributed by atoms with Crippen LogP contribution in [0.5, 0.6) is 0 Å². The Morgan fingerprint density at radius 2 is 1.94 bits per heavy atom. The second-order valence-electron chi connectivity index (χ2n) is 5.32. The van der Waals surface area contributed by atoms with E-state index >= 15 is 0 Å². The van der Waals surface area contributed by atoms with Gasteiger partial charge in [0.05, 0.1) is 6.21 Å². The first-order chi connectivity index (χ1) is 7.88. The van der Waals surface area contributed by atoms with Crippen LogP contribution in [0, 0.1) is 5.41 Å². The lowest BCUT2D eigenvalue weighted by molar-refractivity contribution is -0.152. The first-order valence-electron chi connectivity index (χ1n) is 5.49. The van der Waals surface area contributed by atoms with Gasteiger partial charge in [-0.25, -0.2) is 9.59 Å². The van der Waals surface area contributed by atoms with E-state index in [-0.39, 0.29) is 11.1 Å². The molecule has 0 spiro atoms. The largest absolute Gasteiger partial charge is 0.385 e. The molecule has 17 heavy (non-hydrogen) atoms. The van der Waals surface area contributed by atoms with Crippen molar-refractivity contribution in [3.8, 4) is 0 Å². The quantitative estimate of drug-likeness (QED) is 0.538. The summed E-state index contributed by atoms with van der Waals surface area (Å²) in [6.45, 7) is 6.28. The molecule has 0 aliphatic carbocycles. The molecule has 0 atom stereocenters. The summed E-state index contributed by atoms with van der Waals surface area (Å²) >= 11 is 0. The van der Waals surface area contributed by atoms with Crippen molar-refractivity contribution in [2.45, 2.75) is 33.6 Å². The molecule has 2 rings (SSSR count). The van der Waals surface area contributed by atoms with Gasteiger partial charge in [0.2, 0.25) is 0 Å². The van der Waals surface area contributed by atoms with Gasteiger partial charge in [-0.15, -0.1) is 5.10 Å². The van der Waals surface area contributed by atoms with Gasteiger partial charge >= 0.3 is 11.9 Å². The molecule has 0 N–H and O–H groups in total. The topological polar surface area (TPSA) is 68.1 Å². The number of carbonyl (C=O) groups excluding carboxylic acids is 2. The summed E-state index contributed by atoms with van der Waals surface area (Å²) < 4.78 is 4.63. The van der Waals surface area contributed by atoms with Gasteiger partial charge in [-0.3, -0.25) is 0 Å². The highest BCUT2D eigenvalue weighted by Gasteiger charge is 2.35. The number of cyclic esters (lactones) is 2. The minimum absolute atomic E-state index is 0.113. The van der Waals surface area contributed by atoms with Crippen molar-refractivity contribution in [2.24, 2.45) is 15.6 Å². The summed E-state index contributed by atoms with van der Waals surface area (Å²) in [5, 5.41) is 7.33. The molecule has 90 valence electrons. The number of rotatable bonds is 2. The highest BCUT2D eigenvalue weighted by Crippen LogP contribution is 2.28. The SMILES string of the molecule is CC(C)(C)CCC1=C2C=NN=C2C(=O)OC1=O. The minimum atomic E-state index is -0.706. The first-order valence-corrected chi connectivity index (χ1v) is 5.49. The van der Waals surface area contributed by atoms with Crippen LogP contribution in [0.25, 0.3) is 0 Å². The Balaban J connectivity index is 2.28. The zero-order valence-electron chi connectivity index (χ0n) is 10.1. The van der Waals surface area contributed by atoms with Crippen LogP contribution in [-0.2, 0) is 14.3 Å². The summed E-state index contributed by atoms with van der Waals surface area (Å²) in [6, 6.07) is 0. The van der Waals surface area contributed by atoms with Crippen molar-refractivity contribution in [3.63, 3.8) is 0 Å². The van der Waals surface area contributed by atoms with E-state index < -0.39 is 11.9 Å². The third kappa shape index (κ3) is 2.33. The molecule has 0 amide bonds. The number of nitrogens with zero attached hydrogens (tertiary/aromatic N) is 2. The Morgan fingerprint density at radius 1 is 1.24 bits per heavy atom. The van der Waals surface area contributed by atoms with Crippen molar-refractivity contribution in [2.75, 3.05) is 0 Å². The molecule has 2 heterocycles. The number of esters is 2. The van der Waals surface area contributed by atoms with Crippen molar-refractivity contribution in [3.05, 3.63) is 11.1 Å². The number of fused-ring (bicyclic) bond motifs is 1. The smallest absolute Gasteiger partial charge is 0.367 e. The number of hydrogen-bond donors (Lipinski definition) is 0. The number of hydrogen-bond acceptors (Lipinski definition) is 5. The van der Waals surface area contributed by atoms with Crippen LogP contribution in [0.1, 0.15) is 33.6 Å². The molecule has 5 nitrogen and oxygen atoms in total. The highest BCUT2D eigenvalue weighted by molar-refractivity contribution is 6.53. The van der Waals surface area contributed by atoms with Crippen molar-refractivity contribution >= 4 is 23.9 Å². The van der Waals surface area contributed by atoms with E-state index in [4.69, 9.17) is 0 Å². The molecule has 0 saturated carbocycles. The molecule has 0 aromatic carbocycles. The lowest BCUT2D eigenvalue weighted by Gasteiger charge is -2.20. The van der Waals surface area contributed by atoms with E-state index in [1.165, 1.54) is 6.21 Å². The fraction of sp³-hybridized carbons (Fsp3) is 0.500. The fourth-order valence-corrected chi connectivity index (χ4v) is 1.67. The van der Waals surface area contributed by atoms with Crippen molar-refractivity contribution < 1.29 is 14.3 Å². The molecule has 0 aromatic rings. The average Bonchev–Trinajstić information content (AvgIpc) is 2.64. The van der Waals surface area contributed by atoms with Crippen LogP contribution in [-0.4, -0.2) is 23.9 Å². The molecule has 0 saturated heterocycles. The van der Waals surface area contributed by atoms with Crippen molar-refractivity contribution in [1.82, 2.24) is 0 Å². The van der Waals surface area contributed by atoms with E-state index in [1.54, 1.807) is 0 Å². The highest BCUT2D eigenvalue weighted by atomic mass is 16.6. The van der Waals surface area contributed by atoms with E-state index in [2.05, 4.69) is 35.7 Å². The lowest BCUT2D eigenvalue weighted by atomic mass is 9.86. The molecule has 0 bridgehead atoms. The van der Waals surface area contributed by atoms with E-state index in [1.807, 2.05) is 0 Å². The normalized spacial score (nSPS) is 19.4. The molecule has 0 fully saturated rings. The second kappa shape index (κ2) is 3.91. The minimum Gasteiger partial charge on any atom is -0.385 e. The maximum Gasteiger partial charge on any atom is 0.367 e. The van der Waals surface area contributed by atoms with Crippen LogP contribution in [0.2, 0.25) is 0 Å². The summed E-state index contributed by atoms with van der Waals surface area (Å²) in [6.07, 6.45) is 2.85. The van der Waals surface area contributed by atoms with Gasteiger partial charge in [-0.1, -0.05) is 20.8 Å². The van der Waals surface area contributed by atoms with Crippen LogP contribution < -0.4 is 0 Å². The molecule has 2 aliphatic rings. The first kappa shape index (κ1) is 11.7. The Bertz CT molecular complexity index is 478. The van der Waals surface area contributed by atoms with Gasteiger partial charge in [0.15, 0.2) is 5.71 Å². The molecule has 0 unspecified atom stereocenters. The zero-order valence-corrected chi connectivity index (χ0v) is 10.1. The van der Waals surface area contributed by atoms with Gasteiger partial charge in [0.1, 0.15) is 0 Å². The maximum absolute atomic E-state index is 11.6. The van der Waals surface area contributed by atoms with Gasteiger partial charge in [0, 0.05) is 11.1 Å². The average molecular weight is 234 g/mol. The summed E-state index contributed by atoms with van der Waals surface area (Å²) in [4.78, 5) is 23.0.